The Labute approximate surface area is 109 Å². The fourth-order valence-corrected chi connectivity index (χ4v) is 2.70. The third-order valence-corrected chi connectivity index (χ3v) is 3.87. The van der Waals surface area contributed by atoms with Crippen molar-refractivity contribution in [1.82, 2.24) is 5.32 Å². The average Bonchev–Trinajstić information content (AvgIpc) is 2.38. The van der Waals surface area contributed by atoms with Gasteiger partial charge in [-0.1, -0.05) is 26.0 Å². The topological polar surface area (TPSA) is 21.3 Å². The van der Waals surface area contributed by atoms with Crippen LogP contribution in [0.3, 0.4) is 0 Å². The van der Waals surface area contributed by atoms with E-state index in [1.807, 2.05) is 23.9 Å². The molecule has 17 heavy (non-hydrogen) atoms. The van der Waals surface area contributed by atoms with Crippen LogP contribution in [0.25, 0.3) is 0 Å². The number of hydrogen-bond donors (Lipinski definition) is 1. The molecule has 0 spiro atoms. The minimum absolute atomic E-state index is 0.447. The summed E-state index contributed by atoms with van der Waals surface area (Å²) in [5.74, 6) is 3.29. The summed E-state index contributed by atoms with van der Waals surface area (Å²) in [6, 6.07) is 8.81. The van der Waals surface area contributed by atoms with Crippen molar-refractivity contribution in [2.75, 3.05) is 25.2 Å². The summed E-state index contributed by atoms with van der Waals surface area (Å²) in [7, 11) is 1.70. The van der Waals surface area contributed by atoms with Crippen LogP contribution in [0.4, 0.5) is 0 Å². The predicted molar refractivity (Wildman–Crippen MR) is 77.0 cm³/mol. The van der Waals surface area contributed by atoms with E-state index in [4.69, 9.17) is 4.74 Å². The van der Waals surface area contributed by atoms with Crippen molar-refractivity contribution < 1.29 is 4.74 Å². The van der Waals surface area contributed by atoms with Gasteiger partial charge >= 0.3 is 0 Å². The number of ether oxygens (including phenoxy) is 1. The van der Waals surface area contributed by atoms with Crippen LogP contribution in [0.1, 0.15) is 31.9 Å². The lowest BCUT2D eigenvalue weighted by Crippen LogP contribution is -2.23. The maximum Gasteiger partial charge on any atom is 0.118 e. The molecule has 0 saturated heterocycles. The van der Waals surface area contributed by atoms with Gasteiger partial charge < -0.3 is 10.1 Å². The van der Waals surface area contributed by atoms with Crippen molar-refractivity contribution in [3.63, 3.8) is 0 Å². The standard InChI is InChI=1S/C14H23NOS/c1-4-10-17-11-14(15-5-2)12-6-8-13(16-3)9-7-12/h6-9,14-15H,4-5,10-11H2,1-3H3. The Hall–Kier alpha value is -0.670. The van der Waals surface area contributed by atoms with E-state index in [9.17, 15) is 0 Å². The normalized spacial score (nSPS) is 12.4. The van der Waals surface area contributed by atoms with Crippen molar-refractivity contribution in [2.24, 2.45) is 0 Å². The number of hydrogen-bond acceptors (Lipinski definition) is 3. The van der Waals surface area contributed by atoms with E-state index in [1.54, 1.807) is 7.11 Å². The minimum atomic E-state index is 0.447. The average molecular weight is 253 g/mol. The first kappa shape index (κ1) is 14.4. The Balaban J connectivity index is 2.60. The number of methoxy groups -OCH3 is 1. The summed E-state index contributed by atoms with van der Waals surface area (Å²) in [4.78, 5) is 0. The van der Waals surface area contributed by atoms with Gasteiger partial charge in [-0.25, -0.2) is 0 Å². The lowest BCUT2D eigenvalue weighted by molar-refractivity contribution is 0.414. The number of nitrogens with one attached hydrogen (secondary N) is 1. The molecule has 0 fully saturated rings. The molecule has 0 saturated carbocycles. The summed E-state index contributed by atoms with van der Waals surface area (Å²) in [5.41, 5.74) is 1.34. The molecular formula is C14H23NOS. The van der Waals surface area contributed by atoms with Gasteiger partial charge in [0.05, 0.1) is 7.11 Å². The molecule has 2 nitrogen and oxygen atoms in total. The highest BCUT2D eigenvalue weighted by Crippen LogP contribution is 2.21. The summed E-state index contributed by atoms with van der Waals surface area (Å²) in [6.45, 7) is 5.38. The summed E-state index contributed by atoms with van der Waals surface area (Å²) in [5, 5.41) is 3.53. The van der Waals surface area contributed by atoms with E-state index in [1.165, 1.54) is 17.7 Å². The zero-order valence-corrected chi connectivity index (χ0v) is 11.8. The van der Waals surface area contributed by atoms with Crippen LogP contribution in [0.5, 0.6) is 5.75 Å². The van der Waals surface area contributed by atoms with E-state index in [0.717, 1.165) is 18.0 Å². The fraction of sp³-hybridized carbons (Fsp3) is 0.571. The molecule has 1 aromatic carbocycles. The first-order chi connectivity index (χ1) is 8.31. The van der Waals surface area contributed by atoms with Crippen molar-refractivity contribution in [3.05, 3.63) is 29.8 Å². The van der Waals surface area contributed by atoms with Crippen molar-refractivity contribution >= 4 is 11.8 Å². The molecule has 0 aromatic heterocycles. The Morgan fingerprint density at radius 2 is 1.94 bits per heavy atom. The van der Waals surface area contributed by atoms with E-state index < -0.39 is 0 Å². The summed E-state index contributed by atoms with van der Waals surface area (Å²) < 4.78 is 5.18. The highest BCUT2D eigenvalue weighted by molar-refractivity contribution is 7.99. The molecule has 1 rings (SSSR count). The number of benzene rings is 1. The Kier molecular flexibility index (Phi) is 7.13. The Morgan fingerprint density at radius 1 is 1.24 bits per heavy atom. The molecule has 1 aromatic rings. The fourth-order valence-electron chi connectivity index (χ4n) is 1.70. The van der Waals surface area contributed by atoms with Crippen LogP contribution in [-0.4, -0.2) is 25.2 Å². The molecule has 0 bridgehead atoms. The summed E-state index contributed by atoms with van der Waals surface area (Å²) >= 11 is 2.01. The SMILES string of the molecule is CCCSCC(NCC)c1ccc(OC)cc1. The zero-order valence-electron chi connectivity index (χ0n) is 11.0. The Morgan fingerprint density at radius 3 is 2.47 bits per heavy atom. The largest absolute Gasteiger partial charge is 0.497 e. The van der Waals surface area contributed by atoms with Gasteiger partial charge in [0.25, 0.3) is 0 Å². The zero-order chi connectivity index (χ0) is 12.5. The molecule has 0 aliphatic rings. The molecule has 0 radical (unpaired) electrons. The van der Waals surface area contributed by atoms with Crippen molar-refractivity contribution in [3.8, 4) is 5.75 Å². The van der Waals surface area contributed by atoms with Gasteiger partial charge in [0.2, 0.25) is 0 Å². The molecule has 3 heteroatoms. The highest BCUT2D eigenvalue weighted by Gasteiger charge is 2.09. The number of rotatable bonds is 8. The van der Waals surface area contributed by atoms with Crippen LogP contribution in [0, 0.1) is 0 Å². The molecule has 1 atom stereocenters. The van der Waals surface area contributed by atoms with E-state index >= 15 is 0 Å². The first-order valence-corrected chi connectivity index (χ1v) is 7.42. The quantitative estimate of drug-likeness (QED) is 0.717. The molecular weight excluding hydrogens is 230 g/mol. The number of thioether (sulfide) groups is 1. The van der Waals surface area contributed by atoms with E-state index in [2.05, 4.69) is 31.3 Å². The van der Waals surface area contributed by atoms with Crippen LogP contribution in [-0.2, 0) is 0 Å². The third-order valence-electron chi connectivity index (χ3n) is 2.60. The van der Waals surface area contributed by atoms with Crippen LogP contribution in [0.2, 0.25) is 0 Å². The van der Waals surface area contributed by atoms with Gasteiger partial charge in [0.15, 0.2) is 0 Å². The second-order valence-electron chi connectivity index (χ2n) is 3.96. The molecule has 1 unspecified atom stereocenters. The van der Waals surface area contributed by atoms with Gasteiger partial charge in [-0.05, 0) is 36.4 Å². The molecule has 0 aliphatic heterocycles. The van der Waals surface area contributed by atoms with Crippen molar-refractivity contribution in [2.45, 2.75) is 26.3 Å². The second-order valence-corrected chi connectivity index (χ2v) is 5.11. The van der Waals surface area contributed by atoms with Gasteiger partial charge in [-0.2, -0.15) is 11.8 Å². The second kappa shape index (κ2) is 8.43. The molecule has 0 amide bonds. The third kappa shape index (κ3) is 5.00. The summed E-state index contributed by atoms with van der Waals surface area (Å²) in [6.07, 6.45) is 1.24. The first-order valence-electron chi connectivity index (χ1n) is 6.26. The van der Waals surface area contributed by atoms with Gasteiger partial charge in [0.1, 0.15) is 5.75 Å². The molecule has 0 heterocycles. The highest BCUT2D eigenvalue weighted by atomic mass is 32.2. The Bertz CT molecular complexity index is 300. The smallest absolute Gasteiger partial charge is 0.118 e. The van der Waals surface area contributed by atoms with Gasteiger partial charge in [-0.3, -0.25) is 0 Å². The maximum atomic E-state index is 5.18. The molecule has 96 valence electrons. The lowest BCUT2D eigenvalue weighted by atomic mass is 10.1. The maximum absolute atomic E-state index is 5.18. The van der Waals surface area contributed by atoms with E-state index in [0.29, 0.717) is 6.04 Å². The minimum Gasteiger partial charge on any atom is -0.497 e. The van der Waals surface area contributed by atoms with Crippen LogP contribution in [0.15, 0.2) is 24.3 Å². The van der Waals surface area contributed by atoms with Crippen LogP contribution >= 0.6 is 11.8 Å². The monoisotopic (exact) mass is 253 g/mol. The van der Waals surface area contributed by atoms with Crippen molar-refractivity contribution in [1.29, 1.82) is 0 Å². The van der Waals surface area contributed by atoms with Crippen LogP contribution < -0.4 is 10.1 Å². The van der Waals surface area contributed by atoms with Gasteiger partial charge in [-0.15, -0.1) is 0 Å². The predicted octanol–water partition coefficient (Wildman–Crippen LogP) is 3.49. The molecule has 1 N–H and O–H groups in total. The van der Waals surface area contributed by atoms with E-state index in [-0.39, 0.29) is 0 Å². The molecule has 0 aliphatic carbocycles. The van der Waals surface area contributed by atoms with Gasteiger partial charge in [0, 0.05) is 11.8 Å². The lowest BCUT2D eigenvalue weighted by Gasteiger charge is -2.18.